The topological polar surface area (TPSA) is 294 Å². The molecule has 4 bridgehead atoms. The summed E-state index contributed by atoms with van der Waals surface area (Å²) < 4.78 is 49.1. The van der Waals surface area contributed by atoms with Crippen molar-refractivity contribution in [3.63, 3.8) is 0 Å². The lowest BCUT2D eigenvalue weighted by molar-refractivity contribution is -0.270. The molecule has 100 heavy (non-hydrogen) atoms. The summed E-state index contributed by atoms with van der Waals surface area (Å²) in [5.41, 5.74) is 20.0. The first kappa shape index (κ1) is 77.5. The lowest BCUT2D eigenvalue weighted by atomic mass is 9.34. The van der Waals surface area contributed by atoms with Gasteiger partial charge < -0.3 is 59.6 Å². The zero-order chi connectivity index (χ0) is 72.7. The molecule has 19 heteroatoms. The Morgan fingerprint density at radius 1 is 0.560 bits per heavy atom. The number of carbonyl (C=O) groups is 3. The minimum atomic E-state index is -0.626. The van der Waals surface area contributed by atoms with Crippen LogP contribution in [-0.4, -0.2) is 137 Å². The summed E-state index contributed by atoms with van der Waals surface area (Å²) in [6.07, 6.45) is 19.2. The summed E-state index contributed by atoms with van der Waals surface area (Å²) in [6.45, 7) is 39.2. The van der Waals surface area contributed by atoms with E-state index in [1.54, 1.807) is 5.57 Å². The Labute approximate surface area is 599 Å². The number of amides is 1. The predicted molar refractivity (Wildman–Crippen MR) is 386 cm³/mol. The number of carboxylic acid groups (broad SMARTS) is 2. The molecule has 1 amide bonds. The fourth-order valence-corrected chi connectivity index (χ4v) is 25.3. The maximum atomic E-state index is 13.3. The number of hydrogen-bond acceptors (Lipinski definition) is 16. The Morgan fingerprint density at radius 2 is 0.990 bits per heavy atom. The third kappa shape index (κ3) is 12.6. The Balaban J connectivity index is 0.000000173. The van der Waals surface area contributed by atoms with Gasteiger partial charge in [-0.15, -0.1) is 0 Å². The first-order chi connectivity index (χ1) is 47.1. The van der Waals surface area contributed by atoms with E-state index in [2.05, 4.69) is 115 Å². The van der Waals surface area contributed by atoms with Gasteiger partial charge in [-0.05, 0) is 188 Å². The van der Waals surface area contributed by atoms with E-state index in [9.17, 15) is 24.6 Å². The summed E-state index contributed by atoms with van der Waals surface area (Å²) in [5, 5.41) is 21.9. The van der Waals surface area contributed by atoms with Gasteiger partial charge in [0, 0.05) is 72.3 Å². The highest BCUT2D eigenvalue weighted by molar-refractivity contribution is 5.74. The number of benzene rings is 1. The van der Waals surface area contributed by atoms with E-state index in [0.29, 0.717) is 107 Å². The van der Waals surface area contributed by atoms with E-state index < -0.39 is 18.0 Å². The number of aliphatic carboxylic acids is 2. The molecule has 10 fully saturated rings. The van der Waals surface area contributed by atoms with E-state index in [-0.39, 0.29) is 108 Å². The number of nitrogens with one attached hydrogen (secondary N) is 2. The number of methoxy groups -OCH3 is 1. The van der Waals surface area contributed by atoms with Crippen molar-refractivity contribution in [2.75, 3.05) is 73.2 Å². The number of rotatable bonds is 16. The smallest absolute Gasteiger partial charge is 0.421 e. The van der Waals surface area contributed by atoms with Crippen molar-refractivity contribution in [3.05, 3.63) is 59.2 Å². The lowest BCUT2D eigenvalue weighted by Crippen LogP contribution is -2.72. The maximum absolute atomic E-state index is 13.3. The Morgan fingerprint density at radius 3 is 1.40 bits per heavy atom. The summed E-state index contributed by atoms with van der Waals surface area (Å²) in [6, 6.07) is 9.36. The number of ether oxygens (including phenoxy) is 8. The summed E-state index contributed by atoms with van der Waals surface area (Å²) in [7, 11) is 1.84. The molecule has 4 aliphatic heterocycles. The SMILES string of the molecule is CC(C)[C@@H](C)[C@@]1(C)CC[C@]2(C)[C@H]3CC[C@@H]4[C@@]5(COC[C@@]4(C)[C@@H](OCC4(N)CCOCC4)[C@H](NN)C5)C3=CC[C@@]2(C)[C@@H]1C(=O)O.CO[C@@H]1C[C@@]23COC[C@](C)([C@@H]2CC[C@H]2C3=CC[C@@]3(C)[C@H](C(=O)O)[C@@](C)([C@H](C)C(C)C)CC[C@]23C)[C@H]1OCC1(N)CCOCC1.NNC(=O)OCc1ccccc1. The zero-order valence-corrected chi connectivity index (χ0v) is 63.9. The molecule has 12 aliphatic rings. The predicted octanol–water partition coefficient (Wildman–Crippen LogP) is 12.6. The lowest BCUT2D eigenvalue weighted by Gasteiger charge is -2.71. The van der Waals surface area contributed by atoms with Gasteiger partial charge in [0.2, 0.25) is 0 Å². The number of hydrogen-bond donors (Lipinski definition) is 8. The third-order valence-corrected chi connectivity index (χ3v) is 32.1. The third-order valence-electron chi connectivity index (χ3n) is 32.1. The van der Waals surface area contributed by atoms with Crippen molar-refractivity contribution < 1.29 is 62.5 Å². The van der Waals surface area contributed by atoms with Gasteiger partial charge in [0.05, 0.1) is 69.8 Å². The van der Waals surface area contributed by atoms with E-state index in [0.717, 1.165) is 115 Å². The van der Waals surface area contributed by atoms with Crippen LogP contribution in [0.3, 0.4) is 0 Å². The van der Waals surface area contributed by atoms with Gasteiger partial charge >= 0.3 is 18.0 Å². The van der Waals surface area contributed by atoms with Crippen LogP contribution in [0.5, 0.6) is 0 Å². The average molecular weight is 1400 g/mol. The van der Waals surface area contributed by atoms with E-state index in [4.69, 9.17) is 61.0 Å². The molecule has 1 aromatic carbocycles. The number of carbonyl (C=O) groups excluding carboxylic acids is 1. The van der Waals surface area contributed by atoms with E-state index in [1.165, 1.54) is 5.57 Å². The summed E-state index contributed by atoms with van der Waals surface area (Å²) in [5.74, 6) is 12.3. The fraction of sp³-hybridized carbons (Fsp3) is 0.840. The quantitative estimate of drug-likeness (QED) is 0.0330. The first-order valence-electron chi connectivity index (χ1n) is 38.7. The molecule has 0 radical (unpaired) electrons. The highest BCUT2D eigenvalue weighted by Gasteiger charge is 2.74. The minimum Gasteiger partial charge on any atom is -0.481 e. The molecule has 564 valence electrons. The van der Waals surface area contributed by atoms with Crippen LogP contribution in [0.2, 0.25) is 0 Å². The number of hydrazine groups is 2. The molecule has 13 rings (SSSR count). The molecule has 4 heterocycles. The molecule has 8 aliphatic carbocycles. The van der Waals surface area contributed by atoms with Crippen LogP contribution in [0.1, 0.15) is 205 Å². The first-order valence-corrected chi connectivity index (χ1v) is 38.7. The highest BCUT2D eigenvalue weighted by atomic mass is 16.6. The van der Waals surface area contributed by atoms with Crippen molar-refractivity contribution in [1.82, 2.24) is 10.9 Å². The van der Waals surface area contributed by atoms with Gasteiger partial charge in [-0.3, -0.25) is 26.3 Å². The average Bonchev–Trinajstić information content (AvgIpc) is 0.677. The van der Waals surface area contributed by atoms with Gasteiger partial charge in [0.25, 0.3) is 0 Å². The van der Waals surface area contributed by atoms with Gasteiger partial charge in [-0.25, -0.2) is 10.6 Å². The van der Waals surface area contributed by atoms with Crippen LogP contribution in [-0.2, 0) is 54.1 Å². The molecular weight excluding hydrogens is 1260 g/mol. The molecule has 1 aromatic rings. The van der Waals surface area contributed by atoms with Crippen molar-refractivity contribution in [3.8, 4) is 0 Å². The van der Waals surface area contributed by atoms with Gasteiger partial charge in [0.1, 0.15) is 6.61 Å². The number of allylic oxidation sites excluding steroid dienone is 2. The fourth-order valence-electron chi connectivity index (χ4n) is 25.3. The molecular formula is C81H132N6O13. The van der Waals surface area contributed by atoms with Crippen LogP contribution in [0.15, 0.2) is 53.6 Å². The maximum Gasteiger partial charge on any atom is 0.421 e. The van der Waals surface area contributed by atoms with Crippen molar-refractivity contribution in [2.45, 2.75) is 242 Å². The molecule has 0 aromatic heterocycles. The van der Waals surface area contributed by atoms with Gasteiger partial charge in [-0.1, -0.05) is 151 Å². The second kappa shape index (κ2) is 28.6. The van der Waals surface area contributed by atoms with Crippen molar-refractivity contribution in [1.29, 1.82) is 0 Å². The van der Waals surface area contributed by atoms with Crippen LogP contribution in [0, 0.1) is 113 Å². The number of fused-ring (bicyclic) bond motifs is 6. The molecule has 4 saturated heterocycles. The zero-order valence-electron chi connectivity index (χ0n) is 63.9. The minimum absolute atomic E-state index is 0.0161. The van der Waals surface area contributed by atoms with Crippen LogP contribution in [0.25, 0.3) is 0 Å². The van der Waals surface area contributed by atoms with Crippen LogP contribution >= 0.6 is 0 Å². The van der Waals surface area contributed by atoms with Gasteiger partial charge in [-0.2, -0.15) is 0 Å². The van der Waals surface area contributed by atoms with Gasteiger partial charge in [0.15, 0.2) is 0 Å². The highest BCUT2D eigenvalue weighted by Crippen LogP contribution is 2.77. The van der Waals surface area contributed by atoms with Crippen LogP contribution in [0.4, 0.5) is 4.79 Å². The molecule has 19 nitrogen and oxygen atoms in total. The summed E-state index contributed by atoms with van der Waals surface area (Å²) in [4.78, 5) is 37.2. The Kier molecular flexibility index (Phi) is 22.2. The molecule has 0 spiro atoms. The Hall–Kier alpha value is -3.57. The van der Waals surface area contributed by atoms with E-state index in [1.807, 2.05) is 42.9 Å². The van der Waals surface area contributed by atoms with Crippen LogP contribution < -0.4 is 34.0 Å². The normalized spacial score (nSPS) is 44.1. The molecule has 0 unspecified atom stereocenters. The summed E-state index contributed by atoms with van der Waals surface area (Å²) >= 11 is 0. The molecule has 6 saturated carbocycles. The van der Waals surface area contributed by atoms with Crippen molar-refractivity contribution in [2.24, 2.45) is 136 Å². The number of carboxylic acids is 2. The standard InChI is InChI=1S/C37H61NO6.C36H61N3O5.C8H10N2O2/c1-23(2)24(3)32(4)13-14-34(6)25-9-10-28-33(5)20-43-22-37(28,26(25)11-12-35(34,7)29(32)31(39)40)19-27(41-8)30(33)44-21-36(38)15-17-42-18-16-36;1-22(2)23(3)31(4)12-13-33(6)24-8-9-27-32(5)19-43-21-36(27,25(24)10-11-34(33,7)28(31)30(40)41)18-26(39-38)29(32)44-20-35(37)14-16-42-17-15-35;9-10-8(11)12-6-7-4-2-1-3-5-7/h11,23-25,27-30H,9-10,12-22,38H2,1-8H3,(H,39,40);10,22-24,26-29,39H,8-9,11-21,37-38H2,1-7H3,(H,40,41);1-5H,6,9H2,(H,10,11)/t24-,25+,27-,28+,29-,30+,32-,33-,34-,35+,37+;23-,24+,26-,27+,28-,29+,31-,32-,33-,34+,36+;/m11./s1. The molecule has 12 N–H and O–H groups in total. The van der Waals surface area contributed by atoms with E-state index >= 15 is 0 Å². The Bertz CT molecular complexity index is 2960. The largest absolute Gasteiger partial charge is 0.481 e. The monoisotopic (exact) mass is 1400 g/mol. The van der Waals surface area contributed by atoms with Crippen molar-refractivity contribution >= 4 is 18.0 Å². The number of nitrogens with two attached hydrogens (primary N) is 4. The molecule has 22 atom stereocenters. The second-order valence-corrected chi connectivity index (χ2v) is 37.3. The second-order valence-electron chi connectivity index (χ2n) is 37.3.